The summed E-state index contributed by atoms with van der Waals surface area (Å²) in [4.78, 5) is 19.1. The van der Waals surface area contributed by atoms with Gasteiger partial charge in [-0.25, -0.2) is 19.2 Å². The van der Waals surface area contributed by atoms with Crippen molar-refractivity contribution in [2.24, 2.45) is 0 Å². The lowest BCUT2D eigenvalue weighted by molar-refractivity contribution is 0.0526. The minimum Gasteiger partial charge on any atom is -0.462 e. The number of carbonyl (C=O) groups excluding carboxylic acids is 1. The monoisotopic (exact) mass is 220 g/mol. The van der Waals surface area contributed by atoms with Gasteiger partial charge in [0.1, 0.15) is 5.82 Å². The molecule has 0 atom stereocenters. The molecule has 0 aliphatic rings. The summed E-state index contributed by atoms with van der Waals surface area (Å²) >= 11 is 0. The number of esters is 1. The van der Waals surface area contributed by atoms with Crippen molar-refractivity contribution in [2.45, 2.75) is 6.92 Å². The number of aromatic nitrogens is 2. The lowest BCUT2D eigenvalue weighted by atomic mass is 10.2. The van der Waals surface area contributed by atoms with Crippen molar-refractivity contribution >= 4 is 17.0 Å². The molecule has 0 aliphatic carbocycles. The van der Waals surface area contributed by atoms with Crippen LogP contribution in [-0.2, 0) is 4.74 Å². The van der Waals surface area contributed by atoms with Crippen LogP contribution in [0.4, 0.5) is 4.39 Å². The van der Waals surface area contributed by atoms with Gasteiger partial charge in [0, 0.05) is 11.6 Å². The fraction of sp³-hybridized carbons (Fsp3) is 0.182. The zero-order chi connectivity index (χ0) is 11.5. The molecule has 0 saturated carbocycles. The molecule has 0 spiro atoms. The Morgan fingerprint density at radius 2 is 2.12 bits per heavy atom. The molecule has 5 heteroatoms. The summed E-state index contributed by atoms with van der Waals surface area (Å²) in [7, 11) is 0. The SMILES string of the molecule is CCOC(=O)c1cnc2ncc(F)cc2c1. The lowest BCUT2D eigenvalue weighted by Crippen LogP contribution is -2.05. The Labute approximate surface area is 91.1 Å². The van der Waals surface area contributed by atoms with E-state index in [0.29, 0.717) is 16.6 Å². The highest BCUT2D eigenvalue weighted by Crippen LogP contribution is 2.13. The van der Waals surface area contributed by atoms with Gasteiger partial charge in [-0.05, 0) is 19.1 Å². The van der Waals surface area contributed by atoms with Crippen molar-refractivity contribution in [3.63, 3.8) is 0 Å². The number of hydrogen-bond donors (Lipinski definition) is 0. The highest BCUT2D eigenvalue weighted by Gasteiger charge is 2.08. The zero-order valence-corrected chi connectivity index (χ0v) is 8.61. The molecule has 0 fully saturated rings. The van der Waals surface area contributed by atoms with Crippen molar-refractivity contribution in [3.05, 3.63) is 35.9 Å². The number of halogens is 1. The molecule has 0 aromatic carbocycles. The van der Waals surface area contributed by atoms with E-state index in [9.17, 15) is 9.18 Å². The Balaban J connectivity index is 2.46. The molecule has 0 aliphatic heterocycles. The minimum atomic E-state index is -0.471. The first kappa shape index (κ1) is 10.5. The van der Waals surface area contributed by atoms with Crippen molar-refractivity contribution in [1.82, 2.24) is 9.97 Å². The third-order valence-corrected chi connectivity index (χ3v) is 2.01. The van der Waals surface area contributed by atoms with Crippen molar-refractivity contribution in [2.75, 3.05) is 6.61 Å². The summed E-state index contributed by atoms with van der Waals surface area (Å²) in [5.74, 6) is -0.934. The molecule has 4 nitrogen and oxygen atoms in total. The predicted molar refractivity (Wildman–Crippen MR) is 55.5 cm³/mol. The van der Waals surface area contributed by atoms with Crippen LogP contribution in [0.3, 0.4) is 0 Å². The largest absolute Gasteiger partial charge is 0.462 e. The van der Waals surface area contributed by atoms with E-state index >= 15 is 0 Å². The van der Waals surface area contributed by atoms with Gasteiger partial charge in [0.05, 0.1) is 18.4 Å². The molecular formula is C11H9FN2O2. The molecule has 2 aromatic heterocycles. The summed E-state index contributed by atoms with van der Waals surface area (Å²) in [6.07, 6.45) is 2.45. The number of rotatable bonds is 2. The van der Waals surface area contributed by atoms with E-state index in [1.165, 1.54) is 18.3 Å². The molecule has 16 heavy (non-hydrogen) atoms. The maximum Gasteiger partial charge on any atom is 0.339 e. The van der Waals surface area contributed by atoms with Crippen LogP contribution in [0.15, 0.2) is 24.5 Å². The zero-order valence-electron chi connectivity index (χ0n) is 8.61. The number of hydrogen-bond acceptors (Lipinski definition) is 4. The second-order valence-electron chi connectivity index (χ2n) is 3.14. The first-order chi connectivity index (χ1) is 7.70. The Bertz CT molecular complexity index is 542. The van der Waals surface area contributed by atoms with Gasteiger partial charge >= 0.3 is 5.97 Å². The normalized spacial score (nSPS) is 10.4. The van der Waals surface area contributed by atoms with E-state index in [2.05, 4.69) is 9.97 Å². The van der Waals surface area contributed by atoms with Crippen LogP contribution in [0.2, 0.25) is 0 Å². The summed E-state index contributed by atoms with van der Waals surface area (Å²) in [6, 6.07) is 2.79. The number of ether oxygens (including phenoxy) is 1. The third-order valence-electron chi connectivity index (χ3n) is 2.01. The molecule has 2 aromatic rings. The van der Waals surface area contributed by atoms with Gasteiger partial charge in [-0.1, -0.05) is 0 Å². The average molecular weight is 220 g/mol. The molecule has 0 amide bonds. The molecule has 0 saturated heterocycles. The van der Waals surface area contributed by atoms with Gasteiger partial charge in [0.2, 0.25) is 0 Å². The van der Waals surface area contributed by atoms with Gasteiger partial charge < -0.3 is 4.74 Å². The Kier molecular flexibility index (Phi) is 2.76. The first-order valence-electron chi connectivity index (χ1n) is 4.79. The fourth-order valence-electron chi connectivity index (χ4n) is 1.32. The minimum absolute atomic E-state index is 0.290. The van der Waals surface area contributed by atoms with Gasteiger partial charge in [-0.3, -0.25) is 0 Å². The number of nitrogens with zero attached hydrogens (tertiary/aromatic N) is 2. The highest BCUT2D eigenvalue weighted by atomic mass is 19.1. The third kappa shape index (κ3) is 1.98. The van der Waals surface area contributed by atoms with Crippen LogP contribution >= 0.6 is 0 Å². The maximum atomic E-state index is 12.9. The number of fused-ring (bicyclic) bond motifs is 1. The van der Waals surface area contributed by atoms with Crippen molar-refractivity contribution in [3.8, 4) is 0 Å². The molecule has 2 rings (SSSR count). The first-order valence-corrected chi connectivity index (χ1v) is 4.79. The Morgan fingerprint density at radius 1 is 1.38 bits per heavy atom. The van der Waals surface area contributed by atoms with Crippen LogP contribution in [0, 0.1) is 5.82 Å². The maximum absolute atomic E-state index is 12.9. The topological polar surface area (TPSA) is 52.1 Å². The van der Waals surface area contributed by atoms with Gasteiger partial charge in [-0.15, -0.1) is 0 Å². The van der Waals surface area contributed by atoms with Gasteiger partial charge in [0.15, 0.2) is 5.65 Å². The van der Waals surface area contributed by atoms with Gasteiger partial charge in [0.25, 0.3) is 0 Å². The summed E-state index contributed by atoms with van der Waals surface area (Å²) < 4.78 is 17.7. The van der Waals surface area contributed by atoms with E-state index in [4.69, 9.17) is 4.74 Å². The predicted octanol–water partition coefficient (Wildman–Crippen LogP) is 1.95. The van der Waals surface area contributed by atoms with Crippen molar-refractivity contribution in [1.29, 1.82) is 0 Å². The summed E-state index contributed by atoms with van der Waals surface area (Å²) in [5.41, 5.74) is 0.691. The Morgan fingerprint density at radius 3 is 2.88 bits per heavy atom. The van der Waals surface area contributed by atoms with Crippen LogP contribution in [-0.4, -0.2) is 22.5 Å². The molecular weight excluding hydrogens is 211 g/mol. The van der Waals surface area contributed by atoms with E-state index in [-0.39, 0.29) is 6.61 Å². The standard InChI is InChI=1S/C11H9FN2O2/c1-2-16-11(15)8-3-7-4-9(12)6-14-10(7)13-5-8/h3-6H,2H2,1H3. The molecule has 0 unspecified atom stereocenters. The molecule has 0 N–H and O–H groups in total. The van der Waals surface area contributed by atoms with E-state index in [1.807, 2.05) is 0 Å². The van der Waals surface area contributed by atoms with E-state index < -0.39 is 11.8 Å². The molecule has 0 bridgehead atoms. The number of pyridine rings is 2. The molecule has 82 valence electrons. The van der Waals surface area contributed by atoms with Crippen LogP contribution in [0.5, 0.6) is 0 Å². The quantitative estimate of drug-likeness (QED) is 0.726. The van der Waals surface area contributed by atoms with Crippen LogP contribution in [0.25, 0.3) is 11.0 Å². The Hall–Kier alpha value is -2.04. The van der Waals surface area contributed by atoms with E-state index in [0.717, 1.165) is 6.20 Å². The smallest absolute Gasteiger partial charge is 0.339 e. The summed E-state index contributed by atoms with van der Waals surface area (Å²) in [6.45, 7) is 2.01. The lowest BCUT2D eigenvalue weighted by Gasteiger charge is -2.02. The van der Waals surface area contributed by atoms with Gasteiger partial charge in [-0.2, -0.15) is 0 Å². The second-order valence-corrected chi connectivity index (χ2v) is 3.14. The average Bonchev–Trinajstić information content (AvgIpc) is 2.28. The van der Waals surface area contributed by atoms with Crippen molar-refractivity contribution < 1.29 is 13.9 Å². The second kappa shape index (κ2) is 4.22. The highest BCUT2D eigenvalue weighted by molar-refractivity contribution is 5.92. The molecule has 0 radical (unpaired) electrons. The van der Waals surface area contributed by atoms with Crippen LogP contribution < -0.4 is 0 Å². The number of carbonyl (C=O) groups is 1. The van der Waals surface area contributed by atoms with Crippen LogP contribution in [0.1, 0.15) is 17.3 Å². The molecule has 2 heterocycles. The summed E-state index contributed by atoms with van der Waals surface area (Å²) in [5, 5.41) is 0.477. The van der Waals surface area contributed by atoms with E-state index in [1.54, 1.807) is 6.92 Å². The fourth-order valence-corrected chi connectivity index (χ4v) is 1.32.